The average molecular weight is 266 g/mol. The van der Waals surface area contributed by atoms with Crippen molar-refractivity contribution < 1.29 is 9.53 Å². The fourth-order valence-electron chi connectivity index (χ4n) is 2.35. The zero-order valence-corrected chi connectivity index (χ0v) is 13.5. The number of unbranched alkanes of at least 4 members (excludes halogenated alkanes) is 1. The van der Waals surface area contributed by atoms with Gasteiger partial charge in [-0.25, -0.2) is 4.79 Å². The number of allylic oxidation sites excluding steroid dienone is 2. The molecule has 2 nitrogen and oxygen atoms in total. The number of rotatable bonds is 8. The third-order valence-corrected chi connectivity index (χ3v) is 3.70. The van der Waals surface area contributed by atoms with E-state index in [-0.39, 0.29) is 5.97 Å². The van der Waals surface area contributed by atoms with Crippen molar-refractivity contribution in [3.63, 3.8) is 0 Å². The fraction of sp³-hybridized carbons (Fsp3) is 0.706. The number of ether oxygens (including phenoxy) is 1. The van der Waals surface area contributed by atoms with E-state index < -0.39 is 0 Å². The van der Waals surface area contributed by atoms with Gasteiger partial charge in [-0.05, 0) is 37.7 Å². The molecule has 0 aliphatic heterocycles. The second kappa shape index (κ2) is 9.82. The lowest BCUT2D eigenvalue weighted by Crippen LogP contribution is -2.11. The van der Waals surface area contributed by atoms with Gasteiger partial charge >= 0.3 is 5.97 Å². The molecule has 2 heteroatoms. The van der Waals surface area contributed by atoms with Crippen LogP contribution in [0.3, 0.4) is 0 Å². The topological polar surface area (TPSA) is 26.3 Å². The van der Waals surface area contributed by atoms with Crippen LogP contribution in [-0.4, -0.2) is 13.1 Å². The SMILES string of the molecule is CC/C=C(C(=O)OC)\C(CC)=C(/C)C(C)CCCC. The lowest BCUT2D eigenvalue weighted by Gasteiger charge is -2.18. The van der Waals surface area contributed by atoms with Gasteiger partial charge in [0.1, 0.15) is 0 Å². The maximum atomic E-state index is 11.9. The minimum Gasteiger partial charge on any atom is -0.465 e. The highest BCUT2D eigenvalue weighted by Gasteiger charge is 2.18. The van der Waals surface area contributed by atoms with E-state index in [1.807, 2.05) is 13.0 Å². The number of carbonyl (C=O) groups is 1. The molecule has 110 valence electrons. The van der Waals surface area contributed by atoms with E-state index in [9.17, 15) is 4.79 Å². The summed E-state index contributed by atoms with van der Waals surface area (Å²) in [6.45, 7) is 10.8. The van der Waals surface area contributed by atoms with Gasteiger partial charge < -0.3 is 4.74 Å². The van der Waals surface area contributed by atoms with E-state index in [1.54, 1.807) is 0 Å². The highest BCUT2D eigenvalue weighted by Crippen LogP contribution is 2.27. The van der Waals surface area contributed by atoms with Crippen molar-refractivity contribution in [2.24, 2.45) is 5.92 Å². The Morgan fingerprint density at radius 1 is 1.26 bits per heavy atom. The van der Waals surface area contributed by atoms with Gasteiger partial charge in [0.05, 0.1) is 12.7 Å². The van der Waals surface area contributed by atoms with E-state index in [0.717, 1.165) is 24.0 Å². The molecule has 0 spiro atoms. The Kier molecular flexibility index (Phi) is 9.28. The second-order valence-corrected chi connectivity index (χ2v) is 5.08. The van der Waals surface area contributed by atoms with Gasteiger partial charge in [-0.15, -0.1) is 0 Å². The molecule has 0 fully saturated rings. The molecule has 0 saturated heterocycles. The predicted molar refractivity (Wildman–Crippen MR) is 82.1 cm³/mol. The van der Waals surface area contributed by atoms with Gasteiger partial charge in [-0.1, -0.05) is 52.2 Å². The zero-order chi connectivity index (χ0) is 14.8. The first-order valence-electron chi connectivity index (χ1n) is 7.51. The van der Waals surface area contributed by atoms with Crippen LogP contribution in [0.4, 0.5) is 0 Å². The molecule has 1 unspecified atom stereocenters. The van der Waals surface area contributed by atoms with Crippen LogP contribution < -0.4 is 0 Å². The van der Waals surface area contributed by atoms with Crippen molar-refractivity contribution in [3.8, 4) is 0 Å². The van der Waals surface area contributed by atoms with Crippen LogP contribution in [-0.2, 0) is 9.53 Å². The quantitative estimate of drug-likeness (QED) is 0.349. The van der Waals surface area contributed by atoms with E-state index in [1.165, 1.54) is 31.9 Å². The molecule has 0 aromatic heterocycles. The van der Waals surface area contributed by atoms with E-state index in [4.69, 9.17) is 4.74 Å². The van der Waals surface area contributed by atoms with Crippen molar-refractivity contribution in [3.05, 3.63) is 22.8 Å². The summed E-state index contributed by atoms with van der Waals surface area (Å²) in [6.07, 6.45) is 7.36. The standard InChI is InChI=1S/C17H30O2/c1-7-10-12-13(4)14(5)15(9-3)16(11-8-2)17(18)19-6/h11,13H,7-10,12H2,1-6H3/b15-14+,16-11+. The number of hydrogen-bond acceptors (Lipinski definition) is 2. The Morgan fingerprint density at radius 3 is 2.32 bits per heavy atom. The molecule has 0 aromatic rings. The summed E-state index contributed by atoms with van der Waals surface area (Å²) in [5.41, 5.74) is 3.26. The summed E-state index contributed by atoms with van der Waals surface area (Å²) in [7, 11) is 1.45. The molecule has 0 bridgehead atoms. The fourth-order valence-corrected chi connectivity index (χ4v) is 2.35. The summed E-state index contributed by atoms with van der Waals surface area (Å²) >= 11 is 0. The number of hydrogen-bond donors (Lipinski definition) is 0. The summed E-state index contributed by atoms with van der Waals surface area (Å²) in [5.74, 6) is 0.320. The highest BCUT2D eigenvalue weighted by molar-refractivity contribution is 5.93. The molecule has 0 heterocycles. The number of methoxy groups -OCH3 is 1. The molecule has 0 aromatic carbocycles. The van der Waals surface area contributed by atoms with Crippen LogP contribution >= 0.6 is 0 Å². The number of esters is 1. The van der Waals surface area contributed by atoms with Crippen molar-refractivity contribution in [1.29, 1.82) is 0 Å². The number of carbonyl (C=O) groups excluding carboxylic acids is 1. The van der Waals surface area contributed by atoms with Gasteiger partial charge in [0, 0.05) is 0 Å². The van der Waals surface area contributed by atoms with Crippen molar-refractivity contribution >= 4 is 5.97 Å². The zero-order valence-electron chi connectivity index (χ0n) is 13.5. The van der Waals surface area contributed by atoms with Gasteiger partial charge in [-0.2, -0.15) is 0 Å². The van der Waals surface area contributed by atoms with Crippen molar-refractivity contribution in [2.45, 2.75) is 66.7 Å². The maximum absolute atomic E-state index is 11.9. The Labute approximate surface area is 118 Å². The molecule has 0 saturated carbocycles. The minimum absolute atomic E-state index is 0.208. The van der Waals surface area contributed by atoms with Crippen LogP contribution in [0.1, 0.15) is 66.7 Å². The first kappa shape index (κ1) is 17.9. The Morgan fingerprint density at radius 2 is 1.89 bits per heavy atom. The molecule has 0 aliphatic rings. The Bertz CT molecular complexity index is 337. The smallest absolute Gasteiger partial charge is 0.337 e. The summed E-state index contributed by atoms with van der Waals surface area (Å²) in [6, 6.07) is 0. The first-order valence-corrected chi connectivity index (χ1v) is 7.51. The molecular weight excluding hydrogens is 236 g/mol. The van der Waals surface area contributed by atoms with E-state index >= 15 is 0 Å². The Hall–Kier alpha value is -1.05. The third kappa shape index (κ3) is 5.63. The second-order valence-electron chi connectivity index (χ2n) is 5.08. The molecule has 0 rings (SSSR count). The maximum Gasteiger partial charge on any atom is 0.337 e. The molecular formula is C17H30O2. The highest BCUT2D eigenvalue weighted by atomic mass is 16.5. The molecule has 1 atom stereocenters. The normalized spacial score (nSPS) is 14.9. The minimum atomic E-state index is -0.208. The lowest BCUT2D eigenvalue weighted by molar-refractivity contribution is -0.135. The molecule has 19 heavy (non-hydrogen) atoms. The monoisotopic (exact) mass is 266 g/mol. The lowest BCUT2D eigenvalue weighted by atomic mass is 9.88. The molecule has 0 amide bonds. The van der Waals surface area contributed by atoms with E-state index in [0.29, 0.717) is 5.92 Å². The largest absolute Gasteiger partial charge is 0.465 e. The van der Waals surface area contributed by atoms with Crippen molar-refractivity contribution in [2.75, 3.05) is 7.11 Å². The van der Waals surface area contributed by atoms with Crippen LogP contribution in [0.2, 0.25) is 0 Å². The van der Waals surface area contributed by atoms with Crippen LogP contribution in [0, 0.1) is 5.92 Å². The van der Waals surface area contributed by atoms with Gasteiger partial charge in [0.15, 0.2) is 0 Å². The van der Waals surface area contributed by atoms with Gasteiger partial charge in [-0.3, -0.25) is 0 Å². The average Bonchev–Trinajstić information content (AvgIpc) is 2.43. The summed E-state index contributed by atoms with van der Waals surface area (Å²) < 4.78 is 4.92. The van der Waals surface area contributed by atoms with Gasteiger partial charge in [0.2, 0.25) is 0 Å². The van der Waals surface area contributed by atoms with Crippen LogP contribution in [0.25, 0.3) is 0 Å². The van der Waals surface area contributed by atoms with Crippen LogP contribution in [0.5, 0.6) is 0 Å². The van der Waals surface area contributed by atoms with Gasteiger partial charge in [0.25, 0.3) is 0 Å². The molecule has 0 N–H and O–H groups in total. The predicted octanol–water partition coefficient (Wildman–Crippen LogP) is 5.05. The van der Waals surface area contributed by atoms with Crippen molar-refractivity contribution in [1.82, 2.24) is 0 Å². The summed E-state index contributed by atoms with van der Waals surface area (Å²) in [5, 5.41) is 0. The first-order chi connectivity index (χ1) is 9.03. The third-order valence-electron chi connectivity index (χ3n) is 3.70. The molecule has 0 radical (unpaired) electrons. The van der Waals surface area contributed by atoms with E-state index in [2.05, 4.69) is 27.7 Å². The van der Waals surface area contributed by atoms with Crippen LogP contribution in [0.15, 0.2) is 22.8 Å². The molecule has 0 aliphatic carbocycles. The summed E-state index contributed by atoms with van der Waals surface area (Å²) in [4.78, 5) is 11.9. The Balaban J connectivity index is 5.32.